The number of fused-ring (bicyclic) bond motifs is 1. The van der Waals surface area contributed by atoms with Gasteiger partial charge >= 0.3 is 0 Å². The van der Waals surface area contributed by atoms with Gasteiger partial charge in [0.05, 0.1) is 0 Å². The Morgan fingerprint density at radius 3 is 2.88 bits per heavy atom. The molecule has 1 saturated carbocycles. The predicted octanol–water partition coefficient (Wildman–Crippen LogP) is 3.44. The fourth-order valence-corrected chi connectivity index (χ4v) is 4.01. The summed E-state index contributed by atoms with van der Waals surface area (Å²) in [6.07, 6.45) is 4.28. The van der Waals surface area contributed by atoms with Crippen molar-refractivity contribution in [3.8, 4) is 0 Å². The molecule has 3 rings (SSSR count). The van der Waals surface area contributed by atoms with E-state index >= 15 is 0 Å². The maximum atomic E-state index is 2.53. The van der Waals surface area contributed by atoms with Crippen LogP contribution >= 0.6 is 0 Å². The maximum Gasteiger partial charge on any atom is 0.00157 e. The number of likely N-dealkylation sites (tertiary alicyclic amines) is 1. The van der Waals surface area contributed by atoms with E-state index in [-0.39, 0.29) is 0 Å². The Labute approximate surface area is 105 Å². The van der Waals surface area contributed by atoms with Crippen molar-refractivity contribution >= 4 is 0 Å². The van der Waals surface area contributed by atoms with Gasteiger partial charge in [0, 0.05) is 13.1 Å². The zero-order chi connectivity index (χ0) is 11.8. The predicted molar refractivity (Wildman–Crippen MR) is 72.2 cm³/mol. The van der Waals surface area contributed by atoms with Crippen LogP contribution in [0, 0.1) is 18.8 Å². The molecule has 1 aromatic rings. The number of nitrogens with zero attached hydrogens (tertiary/aromatic N) is 1. The molecule has 0 N–H and O–H groups in total. The van der Waals surface area contributed by atoms with Crippen LogP contribution in [0.3, 0.4) is 0 Å². The molecule has 1 aromatic carbocycles. The van der Waals surface area contributed by atoms with E-state index in [2.05, 4.69) is 43.1 Å². The van der Waals surface area contributed by atoms with Gasteiger partial charge in [-0.15, -0.1) is 0 Å². The zero-order valence-electron chi connectivity index (χ0n) is 11.0. The average Bonchev–Trinajstić information content (AvgIpc) is 2.68. The first-order valence-corrected chi connectivity index (χ1v) is 6.99. The molecule has 0 unspecified atom stereocenters. The van der Waals surface area contributed by atoms with Crippen molar-refractivity contribution in [2.45, 2.75) is 32.1 Å². The Balaban J connectivity index is 1.87. The lowest BCUT2D eigenvalue weighted by Gasteiger charge is -2.33. The lowest BCUT2D eigenvalue weighted by molar-refractivity contribution is 0.258. The molecule has 2 aliphatic rings. The third-order valence-electron chi connectivity index (χ3n) is 4.75. The van der Waals surface area contributed by atoms with Crippen LogP contribution in [-0.2, 0) is 0 Å². The van der Waals surface area contributed by atoms with Crippen LogP contribution in [0.4, 0.5) is 0 Å². The van der Waals surface area contributed by atoms with E-state index in [0.29, 0.717) is 0 Å². The van der Waals surface area contributed by atoms with Gasteiger partial charge in [-0.3, -0.25) is 0 Å². The van der Waals surface area contributed by atoms with E-state index in [1.165, 1.54) is 37.9 Å². The van der Waals surface area contributed by atoms with Crippen molar-refractivity contribution in [1.82, 2.24) is 4.90 Å². The summed E-state index contributed by atoms with van der Waals surface area (Å²) in [5, 5.41) is 0. The van der Waals surface area contributed by atoms with Gasteiger partial charge in [-0.1, -0.05) is 36.2 Å². The van der Waals surface area contributed by atoms with Crippen LogP contribution in [0.5, 0.6) is 0 Å². The minimum Gasteiger partial charge on any atom is -0.306 e. The van der Waals surface area contributed by atoms with Crippen LogP contribution in [0.25, 0.3) is 0 Å². The highest BCUT2D eigenvalue weighted by atomic mass is 15.1. The summed E-state index contributed by atoms with van der Waals surface area (Å²) in [6.45, 7) is 4.85. The first-order valence-electron chi connectivity index (χ1n) is 6.99. The second kappa shape index (κ2) is 4.45. The molecule has 92 valence electrons. The molecule has 0 amide bonds. The highest BCUT2D eigenvalue weighted by Gasteiger charge is 2.39. The summed E-state index contributed by atoms with van der Waals surface area (Å²) in [6, 6.07) is 9.20. The molecule has 1 heterocycles. The summed E-state index contributed by atoms with van der Waals surface area (Å²) in [5.41, 5.74) is 3.01. The van der Waals surface area contributed by atoms with Crippen LogP contribution in [0.2, 0.25) is 0 Å². The smallest absolute Gasteiger partial charge is 0.00157 e. The van der Waals surface area contributed by atoms with Crippen LogP contribution in [0.1, 0.15) is 36.3 Å². The van der Waals surface area contributed by atoms with E-state index in [1.54, 1.807) is 5.56 Å². The van der Waals surface area contributed by atoms with Crippen molar-refractivity contribution in [2.75, 3.05) is 20.1 Å². The molecule has 1 saturated heterocycles. The summed E-state index contributed by atoms with van der Waals surface area (Å²) >= 11 is 0. The summed E-state index contributed by atoms with van der Waals surface area (Å²) in [7, 11) is 2.28. The van der Waals surface area contributed by atoms with Crippen molar-refractivity contribution < 1.29 is 0 Å². The number of rotatable bonds is 1. The van der Waals surface area contributed by atoms with E-state index in [1.807, 2.05) is 0 Å². The third-order valence-corrected chi connectivity index (χ3v) is 4.75. The maximum absolute atomic E-state index is 2.53. The Morgan fingerprint density at radius 1 is 1.18 bits per heavy atom. The van der Waals surface area contributed by atoms with Gasteiger partial charge in [0.15, 0.2) is 0 Å². The van der Waals surface area contributed by atoms with E-state index in [9.17, 15) is 0 Å². The molecule has 0 radical (unpaired) electrons. The Kier molecular flexibility index (Phi) is 2.96. The number of hydrogen-bond donors (Lipinski definition) is 0. The molecule has 1 aliphatic carbocycles. The minimum atomic E-state index is 0.818. The average molecular weight is 229 g/mol. The van der Waals surface area contributed by atoms with Crippen molar-refractivity contribution in [2.24, 2.45) is 11.8 Å². The van der Waals surface area contributed by atoms with Gasteiger partial charge in [-0.25, -0.2) is 0 Å². The van der Waals surface area contributed by atoms with Crippen LogP contribution < -0.4 is 0 Å². The Bertz CT molecular complexity index is 398. The van der Waals surface area contributed by atoms with Crippen molar-refractivity contribution in [1.29, 1.82) is 0 Å². The minimum absolute atomic E-state index is 0.818. The largest absolute Gasteiger partial charge is 0.306 e. The molecule has 3 atom stereocenters. The van der Waals surface area contributed by atoms with Gasteiger partial charge < -0.3 is 4.90 Å². The summed E-state index contributed by atoms with van der Waals surface area (Å²) < 4.78 is 0. The molecule has 0 spiro atoms. The molecule has 2 fully saturated rings. The Morgan fingerprint density at radius 2 is 2.06 bits per heavy atom. The quantitative estimate of drug-likeness (QED) is 0.713. The molecule has 0 aromatic heterocycles. The van der Waals surface area contributed by atoms with E-state index in [4.69, 9.17) is 0 Å². The molecule has 17 heavy (non-hydrogen) atoms. The second-order valence-electron chi connectivity index (χ2n) is 6.10. The molecular weight excluding hydrogens is 206 g/mol. The van der Waals surface area contributed by atoms with Crippen molar-refractivity contribution in [3.05, 3.63) is 35.4 Å². The lowest BCUT2D eigenvalue weighted by Crippen LogP contribution is -2.25. The molecule has 1 nitrogen and oxygen atoms in total. The van der Waals surface area contributed by atoms with Gasteiger partial charge in [0.1, 0.15) is 0 Å². The third kappa shape index (κ3) is 2.13. The summed E-state index contributed by atoms with van der Waals surface area (Å²) in [5.74, 6) is 2.69. The van der Waals surface area contributed by atoms with Crippen LogP contribution in [-0.4, -0.2) is 25.0 Å². The summed E-state index contributed by atoms with van der Waals surface area (Å²) in [4.78, 5) is 2.53. The van der Waals surface area contributed by atoms with Crippen molar-refractivity contribution in [3.63, 3.8) is 0 Å². The van der Waals surface area contributed by atoms with Crippen LogP contribution in [0.15, 0.2) is 24.3 Å². The highest BCUT2D eigenvalue weighted by Crippen LogP contribution is 2.44. The zero-order valence-corrected chi connectivity index (χ0v) is 11.0. The topological polar surface area (TPSA) is 3.24 Å². The normalized spacial score (nSPS) is 33.6. The number of hydrogen-bond acceptors (Lipinski definition) is 1. The number of benzene rings is 1. The lowest BCUT2D eigenvalue weighted by atomic mass is 9.71. The second-order valence-corrected chi connectivity index (χ2v) is 6.10. The fourth-order valence-electron chi connectivity index (χ4n) is 4.01. The van der Waals surface area contributed by atoms with Gasteiger partial charge in [0.25, 0.3) is 0 Å². The monoisotopic (exact) mass is 229 g/mol. The van der Waals surface area contributed by atoms with E-state index in [0.717, 1.165) is 17.8 Å². The van der Waals surface area contributed by atoms with Gasteiger partial charge in [-0.05, 0) is 50.1 Å². The fraction of sp³-hybridized carbons (Fsp3) is 0.625. The first-order chi connectivity index (χ1) is 8.24. The number of aryl methyl sites for hydroxylation is 1. The molecular formula is C16H23N. The van der Waals surface area contributed by atoms with Gasteiger partial charge in [0.2, 0.25) is 0 Å². The molecule has 1 aliphatic heterocycles. The SMILES string of the molecule is Cc1cccc([C@@H]2CCC[C@@H]3CN(C)C[C@H]32)c1. The van der Waals surface area contributed by atoms with Gasteiger partial charge in [-0.2, -0.15) is 0 Å². The highest BCUT2D eigenvalue weighted by molar-refractivity contribution is 5.27. The first kappa shape index (κ1) is 11.3. The standard InChI is InChI=1S/C16H23N/c1-12-5-3-6-13(9-12)15-8-4-7-14-10-17(2)11-16(14)15/h3,5-6,9,14-16H,4,7-8,10-11H2,1-2H3/t14-,15+,16-/m1/s1. The molecule has 0 bridgehead atoms. The Hall–Kier alpha value is -0.820. The molecule has 1 heteroatoms. The van der Waals surface area contributed by atoms with E-state index < -0.39 is 0 Å².